The summed E-state index contributed by atoms with van der Waals surface area (Å²) >= 11 is 0. The Morgan fingerprint density at radius 3 is 2.79 bits per heavy atom. The molecule has 1 aliphatic heterocycles. The van der Waals surface area contributed by atoms with E-state index in [9.17, 15) is 18.4 Å². The Bertz CT molecular complexity index is 548. The first-order chi connectivity index (χ1) is 8.93. The van der Waals surface area contributed by atoms with E-state index < -0.39 is 29.4 Å². The van der Waals surface area contributed by atoms with Gasteiger partial charge in [0.2, 0.25) is 5.91 Å². The van der Waals surface area contributed by atoms with Crippen molar-refractivity contribution in [1.29, 1.82) is 0 Å². The number of carbonyl (C=O) groups is 2. The lowest BCUT2D eigenvalue weighted by molar-refractivity contribution is -0.145. The summed E-state index contributed by atoms with van der Waals surface area (Å²) in [5.41, 5.74) is 5.12. The van der Waals surface area contributed by atoms with E-state index in [0.29, 0.717) is 6.07 Å². The number of carbonyl (C=O) groups excluding carboxylic acids is 2. The summed E-state index contributed by atoms with van der Waals surface area (Å²) in [4.78, 5) is 24.3. The Morgan fingerprint density at radius 1 is 1.47 bits per heavy atom. The largest absolute Gasteiger partial charge is 0.469 e. The zero-order valence-electron chi connectivity index (χ0n) is 10.2. The molecule has 1 amide bonds. The van der Waals surface area contributed by atoms with E-state index >= 15 is 0 Å². The van der Waals surface area contributed by atoms with Crippen LogP contribution in [0.15, 0.2) is 12.1 Å². The Hall–Kier alpha value is -2.18. The number of hydrogen-bond acceptors (Lipinski definition) is 4. The van der Waals surface area contributed by atoms with E-state index in [1.165, 1.54) is 7.11 Å². The van der Waals surface area contributed by atoms with Gasteiger partial charge in [0, 0.05) is 19.0 Å². The number of halogens is 2. The number of hydrogen-bond donors (Lipinski definition) is 1. The van der Waals surface area contributed by atoms with Crippen molar-refractivity contribution in [3.63, 3.8) is 0 Å². The van der Waals surface area contributed by atoms with Gasteiger partial charge in [-0.15, -0.1) is 0 Å². The molecule has 7 heteroatoms. The third-order valence-corrected chi connectivity index (χ3v) is 3.02. The van der Waals surface area contributed by atoms with Gasteiger partial charge in [-0.1, -0.05) is 0 Å². The molecule has 102 valence electrons. The fourth-order valence-corrected chi connectivity index (χ4v) is 2.06. The topological polar surface area (TPSA) is 72.6 Å². The summed E-state index contributed by atoms with van der Waals surface area (Å²) in [6.07, 6.45) is -0.0652. The molecule has 5 nitrogen and oxygen atoms in total. The van der Waals surface area contributed by atoms with Crippen LogP contribution in [-0.4, -0.2) is 25.5 Å². The van der Waals surface area contributed by atoms with Gasteiger partial charge in [-0.05, 0) is 6.07 Å². The monoisotopic (exact) mass is 270 g/mol. The Labute approximate surface area is 107 Å². The second-order valence-corrected chi connectivity index (χ2v) is 4.25. The minimum Gasteiger partial charge on any atom is -0.469 e. The van der Waals surface area contributed by atoms with E-state index in [4.69, 9.17) is 5.73 Å². The normalized spacial score (nSPS) is 18.8. The zero-order valence-corrected chi connectivity index (χ0v) is 10.2. The number of rotatable bonds is 2. The van der Waals surface area contributed by atoms with Crippen LogP contribution < -0.4 is 10.6 Å². The first-order valence-electron chi connectivity index (χ1n) is 5.56. The minimum absolute atomic E-state index is 0.00139. The van der Waals surface area contributed by atoms with Crippen molar-refractivity contribution in [1.82, 2.24) is 0 Å². The highest BCUT2D eigenvalue weighted by molar-refractivity contribution is 6.01. The third kappa shape index (κ3) is 2.35. The van der Waals surface area contributed by atoms with Gasteiger partial charge in [-0.25, -0.2) is 8.78 Å². The highest BCUT2D eigenvalue weighted by Gasteiger charge is 2.37. The molecule has 0 radical (unpaired) electrons. The predicted molar refractivity (Wildman–Crippen MR) is 63.2 cm³/mol. The maximum Gasteiger partial charge on any atom is 0.311 e. The van der Waals surface area contributed by atoms with E-state index in [0.717, 1.165) is 11.0 Å². The van der Waals surface area contributed by atoms with Crippen molar-refractivity contribution in [2.45, 2.75) is 6.42 Å². The molecular weight excluding hydrogens is 258 g/mol. The van der Waals surface area contributed by atoms with Gasteiger partial charge in [0.25, 0.3) is 0 Å². The summed E-state index contributed by atoms with van der Waals surface area (Å²) in [7, 11) is 1.21. The van der Waals surface area contributed by atoms with Crippen molar-refractivity contribution in [2.75, 3.05) is 24.3 Å². The van der Waals surface area contributed by atoms with Crippen LogP contribution in [0.1, 0.15) is 6.42 Å². The average Bonchev–Trinajstić information content (AvgIpc) is 2.75. The summed E-state index contributed by atoms with van der Waals surface area (Å²) in [5.74, 6) is -3.39. The lowest BCUT2D eigenvalue weighted by atomic mass is 10.1. The zero-order chi connectivity index (χ0) is 14.2. The van der Waals surface area contributed by atoms with E-state index in [-0.39, 0.29) is 24.3 Å². The molecule has 2 N–H and O–H groups in total. The fourth-order valence-electron chi connectivity index (χ4n) is 2.06. The summed E-state index contributed by atoms with van der Waals surface area (Å²) in [6.45, 7) is -0.00139. The highest BCUT2D eigenvalue weighted by Crippen LogP contribution is 2.32. The van der Waals surface area contributed by atoms with Crippen LogP contribution in [0, 0.1) is 17.6 Å². The summed E-state index contributed by atoms with van der Waals surface area (Å²) in [6, 6.07) is 1.60. The fraction of sp³-hybridized carbons (Fsp3) is 0.333. The minimum atomic E-state index is -0.940. The average molecular weight is 270 g/mol. The first kappa shape index (κ1) is 13.3. The number of nitrogen functional groups attached to an aromatic ring is 1. The van der Waals surface area contributed by atoms with Crippen molar-refractivity contribution in [3.8, 4) is 0 Å². The molecule has 1 fully saturated rings. The molecule has 0 saturated carbocycles. The Balaban J connectivity index is 2.33. The SMILES string of the molecule is COC(=O)C1CC(=O)N(c2cc(F)cc(F)c2N)C1. The number of esters is 1. The molecule has 1 heterocycles. The van der Waals surface area contributed by atoms with Crippen LogP contribution in [0.3, 0.4) is 0 Å². The van der Waals surface area contributed by atoms with Gasteiger partial charge in [0.05, 0.1) is 24.4 Å². The van der Waals surface area contributed by atoms with Crippen molar-refractivity contribution in [2.24, 2.45) is 5.92 Å². The van der Waals surface area contributed by atoms with Crippen LogP contribution in [0.5, 0.6) is 0 Å². The smallest absolute Gasteiger partial charge is 0.311 e. The van der Waals surface area contributed by atoms with Gasteiger partial charge in [0.1, 0.15) is 5.82 Å². The number of nitrogens with zero attached hydrogens (tertiary/aromatic N) is 1. The number of anilines is 2. The van der Waals surface area contributed by atoms with Gasteiger partial charge in [-0.3, -0.25) is 9.59 Å². The van der Waals surface area contributed by atoms with Crippen molar-refractivity contribution < 1.29 is 23.1 Å². The van der Waals surface area contributed by atoms with E-state index in [2.05, 4.69) is 4.74 Å². The summed E-state index contributed by atoms with van der Waals surface area (Å²) < 4.78 is 31.1. The number of ether oxygens (including phenoxy) is 1. The third-order valence-electron chi connectivity index (χ3n) is 3.02. The second-order valence-electron chi connectivity index (χ2n) is 4.25. The molecule has 1 unspecified atom stereocenters. The Kier molecular flexibility index (Phi) is 3.37. The van der Waals surface area contributed by atoms with Crippen LogP contribution in [0.4, 0.5) is 20.2 Å². The molecule has 19 heavy (non-hydrogen) atoms. The molecule has 1 atom stereocenters. The molecule has 1 aromatic carbocycles. The number of nitrogens with two attached hydrogens (primary N) is 1. The van der Waals surface area contributed by atoms with Crippen LogP contribution >= 0.6 is 0 Å². The number of amides is 1. The molecule has 0 spiro atoms. The molecule has 1 aromatic rings. The van der Waals surface area contributed by atoms with Gasteiger partial charge >= 0.3 is 5.97 Å². The van der Waals surface area contributed by atoms with Gasteiger partial charge in [-0.2, -0.15) is 0 Å². The molecule has 2 rings (SSSR count). The summed E-state index contributed by atoms with van der Waals surface area (Å²) in [5, 5.41) is 0. The quantitative estimate of drug-likeness (QED) is 0.644. The second kappa shape index (κ2) is 4.83. The van der Waals surface area contributed by atoms with Crippen molar-refractivity contribution >= 4 is 23.3 Å². The molecule has 0 aromatic heterocycles. The van der Waals surface area contributed by atoms with Crippen LogP contribution in [-0.2, 0) is 14.3 Å². The number of methoxy groups -OCH3 is 1. The number of benzene rings is 1. The molecule has 1 saturated heterocycles. The van der Waals surface area contributed by atoms with Crippen molar-refractivity contribution in [3.05, 3.63) is 23.8 Å². The lowest BCUT2D eigenvalue weighted by Crippen LogP contribution is -2.27. The van der Waals surface area contributed by atoms with E-state index in [1.807, 2.05) is 0 Å². The molecule has 0 aliphatic carbocycles. The Morgan fingerprint density at radius 2 is 2.16 bits per heavy atom. The molecule has 0 bridgehead atoms. The predicted octanol–water partition coefficient (Wildman–Crippen LogP) is 1.07. The first-order valence-corrected chi connectivity index (χ1v) is 5.56. The lowest BCUT2D eigenvalue weighted by Gasteiger charge is -2.18. The van der Waals surface area contributed by atoms with Gasteiger partial charge < -0.3 is 15.4 Å². The molecule has 1 aliphatic rings. The van der Waals surface area contributed by atoms with Crippen LogP contribution in [0.2, 0.25) is 0 Å². The van der Waals surface area contributed by atoms with E-state index in [1.54, 1.807) is 0 Å². The maximum atomic E-state index is 13.3. The van der Waals surface area contributed by atoms with Crippen LogP contribution in [0.25, 0.3) is 0 Å². The highest BCUT2D eigenvalue weighted by atomic mass is 19.1. The standard InChI is InChI=1S/C12H12F2N2O3/c1-19-12(18)6-2-10(17)16(5-6)9-4-7(13)3-8(14)11(9)15/h3-4,6H,2,5,15H2,1H3. The van der Waals surface area contributed by atoms with Gasteiger partial charge in [0.15, 0.2) is 5.82 Å². The maximum absolute atomic E-state index is 13.3. The molecular formula is C12H12F2N2O3.